The molecule has 0 aliphatic rings. The lowest BCUT2D eigenvalue weighted by atomic mass is 10.1. The second-order valence-corrected chi connectivity index (χ2v) is 7.47. The maximum Gasteiger partial charge on any atom is 0.291 e. The molecule has 1 N–H and O–H groups in total. The van der Waals surface area contributed by atoms with E-state index in [0.29, 0.717) is 9.88 Å². The Morgan fingerprint density at radius 1 is 1.21 bits per heavy atom. The van der Waals surface area contributed by atoms with Gasteiger partial charge in [0.05, 0.1) is 29.3 Å². The molecule has 0 saturated carbocycles. The third kappa shape index (κ3) is 4.09. The lowest BCUT2D eigenvalue weighted by Crippen LogP contribution is -2.29. The van der Waals surface area contributed by atoms with Crippen LogP contribution in [0, 0.1) is 6.92 Å². The predicted octanol–water partition coefficient (Wildman–Crippen LogP) is 4.74. The van der Waals surface area contributed by atoms with Gasteiger partial charge in [0, 0.05) is 7.05 Å². The maximum atomic E-state index is 13.0. The molecule has 0 aliphatic heterocycles. The normalized spacial score (nSPS) is 11.7. The van der Waals surface area contributed by atoms with E-state index in [-0.39, 0.29) is 23.6 Å². The number of nitrogens with one attached hydrogen (secondary N) is 1. The zero-order valence-electron chi connectivity index (χ0n) is 16.2. The summed E-state index contributed by atoms with van der Waals surface area (Å²) in [6.45, 7) is 3.83. The zero-order chi connectivity index (χ0) is 20.3. The fourth-order valence-electron chi connectivity index (χ4n) is 2.78. The molecule has 0 spiro atoms. The number of benzene rings is 1. The van der Waals surface area contributed by atoms with E-state index < -0.39 is 0 Å². The number of hydrogen-bond acceptors (Lipinski definition) is 5. The van der Waals surface area contributed by atoms with Gasteiger partial charge in [-0.3, -0.25) is 9.59 Å². The van der Waals surface area contributed by atoms with Gasteiger partial charge in [-0.2, -0.15) is 0 Å². The van der Waals surface area contributed by atoms with E-state index in [4.69, 9.17) is 9.15 Å². The Morgan fingerprint density at radius 2 is 1.93 bits per heavy atom. The van der Waals surface area contributed by atoms with E-state index in [1.54, 1.807) is 37.3 Å². The second-order valence-electron chi connectivity index (χ2n) is 6.42. The minimum Gasteiger partial charge on any atom is -0.497 e. The summed E-state index contributed by atoms with van der Waals surface area (Å²) in [5.41, 5.74) is 1.83. The van der Waals surface area contributed by atoms with Gasteiger partial charge in [-0.1, -0.05) is 12.1 Å². The van der Waals surface area contributed by atoms with Gasteiger partial charge in [0.2, 0.25) is 0 Å². The number of rotatable bonds is 6. The number of carbonyl (C=O) groups is 2. The molecule has 2 amide bonds. The predicted molar refractivity (Wildman–Crippen MR) is 109 cm³/mol. The van der Waals surface area contributed by atoms with Crippen LogP contribution < -0.4 is 10.1 Å². The molecule has 1 aromatic carbocycles. The van der Waals surface area contributed by atoms with Crippen LogP contribution in [0.25, 0.3) is 0 Å². The summed E-state index contributed by atoms with van der Waals surface area (Å²) in [5.74, 6) is 0.565. The van der Waals surface area contributed by atoms with E-state index in [0.717, 1.165) is 16.9 Å². The first-order valence-corrected chi connectivity index (χ1v) is 9.58. The molecular weight excluding hydrogens is 376 g/mol. The molecule has 2 heterocycles. The van der Waals surface area contributed by atoms with Crippen molar-refractivity contribution in [1.82, 2.24) is 4.90 Å². The number of nitrogens with zero attached hydrogens (tertiary/aromatic N) is 1. The molecule has 3 aromatic rings. The summed E-state index contributed by atoms with van der Waals surface area (Å²) in [5, 5.41) is 3.38. The van der Waals surface area contributed by atoms with Crippen molar-refractivity contribution in [1.29, 1.82) is 0 Å². The molecule has 1 atom stereocenters. The number of aryl methyl sites for hydroxylation is 1. The number of ether oxygens (including phenoxy) is 1. The van der Waals surface area contributed by atoms with Gasteiger partial charge < -0.3 is 19.4 Å². The number of anilines is 1. The monoisotopic (exact) mass is 398 g/mol. The molecule has 0 bridgehead atoms. The topological polar surface area (TPSA) is 71.8 Å². The van der Waals surface area contributed by atoms with E-state index in [2.05, 4.69) is 5.32 Å². The number of hydrogen-bond donors (Lipinski definition) is 1. The molecule has 7 heteroatoms. The maximum absolute atomic E-state index is 13.0. The smallest absolute Gasteiger partial charge is 0.291 e. The molecule has 6 nitrogen and oxygen atoms in total. The van der Waals surface area contributed by atoms with Crippen LogP contribution in [0.5, 0.6) is 5.75 Å². The number of amides is 2. The highest BCUT2D eigenvalue weighted by molar-refractivity contribution is 7.18. The molecular formula is C21H22N2O4S. The van der Waals surface area contributed by atoms with Crippen molar-refractivity contribution in [3.8, 4) is 5.75 Å². The zero-order valence-corrected chi connectivity index (χ0v) is 17.0. The van der Waals surface area contributed by atoms with E-state index in [9.17, 15) is 9.59 Å². The highest BCUT2D eigenvalue weighted by Crippen LogP contribution is 2.30. The van der Waals surface area contributed by atoms with Crippen LogP contribution in [0.2, 0.25) is 0 Å². The third-order valence-electron chi connectivity index (χ3n) is 4.59. The van der Waals surface area contributed by atoms with Crippen LogP contribution in [-0.2, 0) is 0 Å². The molecule has 0 saturated heterocycles. The van der Waals surface area contributed by atoms with E-state index >= 15 is 0 Å². The Labute approximate surface area is 167 Å². The molecule has 0 aliphatic carbocycles. The Morgan fingerprint density at radius 3 is 2.54 bits per heavy atom. The molecule has 0 radical (unpaired) electrons. The fourth-order valence-corrected chi connectivity index (χ4v) is 3.83. The fraction of sp³-hybridized carbons (Fsp3) is 0.238. The largest absolute Gasteiger partial charge is 0.497 e. The number of thiophene rings is 1. The summed E-state index contributed by atoms with van der Waals surface area (Å²) < 4.78 is 10.3. The van der Waals surface area contributed by atoms with Gasteiger partial charge in [-0.15, -0.1) is 11.3 Å². The second kappa shape index (κ2) is 8.31. The molecule has 0 fully saturated rings. The van der Waals surface area contributed by atoms with Gasteiger partial charge in [-0.25, -0.2) is 0 Å². The van der Waals surface area contributed by atoms with E-state index in [1.165, 1.54) is 17.6 Å². The van der Waals surface area contributed by atoms with Crippen LogP contribution in [0.4, 0.5) is 5.00 Å². The summed E-state index contributed by atoms with van der Waals surface area (Å²) >= 11 is 1.26. The molecule has 1 unspecified atom stereocenters. The van der Waals surface area contributed by atoms with Crippen LogP contribution >= 0.6 is 11.3 Å². The molecule has 3 rings (SSSR count). The van der Waals surface area contributed by atoms with Crippen molar-refractivity contribution < 1.29 is 18.7 Å². The summed E-state index contributed by atoms with van der Waals surface area (Å²) in [7, 11) is 3.40. The summed E-state index contributed by atoms with van der Waals surface area (Å²) in [6, 6.07) is 12.6. The lowest BCUT2D eigenvalue weighted by molar-refractivity contribution is 0.0746. The average Bonchev–Trinajstić information content (AvgIpc) is 3.36. The van der Waals surface area contributed by atoms with Crippen LogP contribution in [0.1, 0.15) is 44.3 Å². The Balaban J connectivity index is 1.74. The lowest BCUT2D eigenvalue weighted by Gasteiger charge is -2.25. The minimum absolute atomic E-state index is 0.0932. The first kappa shape index (κ1) is 19.7. The van der Waals surface area contributed by atoms with Crippen molar-refractivity contribution in [2.45, 2.75) is 19.9 Å². The minimum atomic E-state index is -0.342. The van der Waals surface area contributed by atoms with Gasteiger partial charge in [0.25, 0.3) is 11.8 Å². The third-order valence-corrected chi connectivity index (χ3v) is 5.73. The van der Waals surface area contributed by atoms with Crippen molar-refractivity contribution in [3.63, 3.8) is 0 Å². The summed E-state index contributed by atoms with van der Waals surface area (Å²) in [6.07, 6.45) is 1.44. The number of furan rings is 1. The van der Waals surface area contributed by atoms with Gasteiger partial charge in [0.1, 0.15) is 5.75 Å². The molecule has 146 valence electrons. The van der Waals surface area contributed by atoms with Crippen molar-refractivity contribution in [3.05, 3.63) is 70.5 Å². The van der Waals surface area contributed by atoms with Gasteiger partial charge in [0.15, 0.2) is 5.76 Å². The van der Waals surface area contributed by atoms with Crippen molar-refractivity contribution >= 4 is 28.2 Å². The average molecular weight is 398 g/mol. The highest BCUT2D eigenvalue weighted by Gasteiger charge is 2.23. The highest BCUT2D eigenvalue weighted by atomic mass is 32.1. The van der Waals surface area contributed by atoms with Crippen LogP contribution in [0.15, 0.2) is 53.1 Å². The van der Waals surface area contributed by atoms with Crippen molar-refractivity contribution in [2.75, 3.05) is 19.5 Å². The van der Waals surface area contributed by atoms with Gasteiger partial charge >= 0.3 is 0 Å². The number of methoxy groups -OCH3 is 1. The standard InChI is InChI=1S/C21H22N2O4S/c1-13-12-18(22-20(24)17-6-5-11-27-17)28-19(13)21(25)23(3)14(2)15-7-9-16(26-4)10-8-15/h5-12,14H,1-4H3,(H,22,24). The first-order valence-electron chi connectivity index (χ1n) is 8.77. The van der Waals surface area contributed by atoms with E-state index in [1.807, 2.05) is 38.1 Å². The van der Waals surface area contributed by atoms with Crippen molar-refractivity contribution in [2.24, 2.45) is 0 Å². The Bertz CT molecular complexity index is 961. The van der Waals surface area contributed by atoms with Gasteiger partial charge in [-0.05, 0) is 55.3 Å². The molecule has 2 aromatic heterocycles. The summed E-state index contributed by atoms with van der Waals surface area (Å²) in [4.78, 5) is 27.4. The van der Waals surface area contributed by atoms with Crippen LogP contribution in [-0.4, -0.2) is 30.9 Å². The first-order chi connectivity index (χ1) is 13.4. The van der Waals surface area contributed by atoms with Crippen LogP contribution in [0.3, 0.4) is 0 Å². The number of carbonyl (C=O) groups excluding carboxylic acids is 2. The quantitative estimate of drug-likeness (QED) is 0.651. The Hall–Kier alpha value is -3.06. The Kier molecular flexibility index (Phi) is 5.84. The SMILES string of the molecule is COc1ccc(C(C)N(C)C(=O)c2sc(NC(=O)c3ccco3)cc2C)cc1. The molecule has 28 heavy (non-hydrogen) atoms.